The molecule has 0 saturated carbocycles. The fourth-order valence-electron chi connectivity index (χ4n) is 1.68. The summed E-state index contributed by atoms with van der Waals surface area (Å²) in [5.74, 6) is 0. The van der Waals surface area contributed by atoms with Gasteiger partial charge in [-0.3, -0.25) is 0 Å². The van der Waals surface area contributed by atoms with Crippen molar-refractivity contribution < 1.29 is 0 Å². The summed E-state index contributed by atoms with van der Waals surface area (Å²) in [4.78, 5) is 0. The molecule has 2 nitrogen and oxygen atoms in total. The Morgan fingerprint density at radius 3 is 2.43 bits per heavy atom. The molecule has 1 aliphatic rings. The average Bonchev–Trinajstić information content (AvgIpc) is 2.23. The van der Waals surface area contributed by atoms with E-state index in [0.29, 0.717) is 6.04 Å². The van der Waals surface area contributed by atoms with Crippen LogP contribution in [0.1, 0.15) is 12.8 Å². The largest absolute Gasteiger partial charge is 0.382 e. The molecule has 1 radical (unpaired) electrons. The van der Waals surface area contributed by atoms with Crippen LogP contribution in [0.4, 0.5) is 5.69 Å². The highest BCUT2D eigenvalue weighted by Crippen LogP contribution is 2.16. The lowest BCUT2D eigenvalue weighted by atomic mass is 10.1. The Labute approximate surface area is 89.7 Å². The second-order valence-electron chi connectivity index (χ2n) is 3.60. The highest BCUT2D eigenvalue weighted by Gasteiger charge is 2.12. The van der Waals surface area contributed by atoms with Gasteiger partial charge in [0, 0.05) is 29.8 Å². The van der Waals surface area contributed by atoms with Crippen molar-refractivity contribution in [2.75, 3.05) is 18.4 Å². The molecule has 0 unspecified atom stereocenters. The van der Waals surface area contributed by atoms with Gasteiger partial charge in [0.15, 0.2) is 0 Å². The van der Waals surface area contributed by atoms with Crippen molar-refractivity contribution in [2.24, 2.45) is 0 Å². The van der Waals surface area contributed by atoms with Crippen LogP contribution in [0.25, 0.3) is 0 Å². The number of nitrogens with one attached hydrogen (secondary N) is 1. The number of rotatable bonds is 2. The summed E-state index contributed by atoms with van der Waals surface area (Å²) in [6, 6.07) is 8.45. The highest BCUT2D eigenvalue weighted by molar-refractivity contribution is 6.30. The number of hydrogen-bond acceptors (Lipinski definition) is 1. The number of hydrogen-bond donors (Lipinski definition) is 1. The first-order chi connectivity index (χ1) is 6.84. The Balaban J connectivity index is 1.92. The molecule has 75 valence electrons. The van der Waals surface area contributed by atoms with Gasteiger partial charge in [-0.05, 0) is 37.1 Å². The molecule has 1 N–H and O–H groups in total. The molecule has 0 amide bonds. The molecule has 0 aliphatic carbocycles. The van der Waals surface area contributed by atoms with Crippen LogP contribution < -0.4 is 10.6 Å². The minimum atomic E-state index is 0.577. The van der Waals surface area contributed by atoms with Gasteiger partial charge in [-0.2, -0.15) is 0 Å². The van der Waals surface area contributed by atoms with Crippen LogP contribution in [0, 0.1) is 0 Å². The predicted molar refractivity (Wildman–Crippen MR) is 60.0 cm³/mol. The van der Waals surface area contributed by atoms with Crippen LogP contribution in [0.3, 0.4) is 0 Å². The van der Waals surface area contributed by atoms with E-state index in [4.69, 9.17) is 11.6 Å². The third-order valence-electron chi connectivity index (χ3n) is 2.49. The second-order valence-corrected chi connectivity index (χ2v) is 4.03. The first-order valence-corrected chi connectivity index (χ1v) is 5.38. The Kier molecular flexibility index (Phi) is 3.27. The fraction of sp³-hybridized carbons (Fsp3) is 0.455. The smallest absolute Gasteiger partial charge is 0.0407 e. The monoisotopic (exact) mass is 209 g/mol. The van der Waals surface area contributed by atoms with Crippen molar-refractivity contribution in [2.45, 2.75) is 18.9 Å². The van der Waals surface area contributed by atoms with E-state index in [9.17, 15) is 0 Å². The third-order valence-corrected chi connectivity index (χ3v) is 2.74. The van der Waals surface area contributed by atoms with Gasteiger partial charge in [0.2, 0.25) is 0 Å². The first-order valence-electron chi connectivity index (χ1n) is 5.00. The van der Waals surface area contributed by atoms with Crippen molar-refractivity contribution in [3.8, 4) is 0 Å². The Hall–Kier alpha value is -0.730. The number of nitrogens with zero attached hydrogens (tertiary/aromatic N) is 1. The summed E-state index contributed by atoms with van der Waals surface area (Å²) in [5, 5.41) is 8.60. The van der Waals surface area contributed by atoms with Crippen molar-refractivity contribution in [3.05, 3.63) is 29.3 Å². The lowest BCUT2D eigenvalue weighted by Crippen LogP contribution is -2.31. The zero-order valence-corrected chi connectivity index (χ0v) is 8.80. The highest BCUT2D eigenvalue weighted by atomic mass is 35.5. The number of anilines is 1. The van der Waals surface area contributed by atoms with E-state index in [1.54, 1.807) is 0 Å². The van der Waals surface area contributed by atoms with Gasteiger partial charge in [0.05, 0.1) is 0 Å². The van der Waals surface area contributed by atoms with E-state index >= 15 is 0 Å². The van der Waals surface area contributed by atoms with Gasteiger partial charge >= 0.3 is 0 Å². The van der Waals surface area contributed by atoms with E-state index < -0.39 is 0 Å². The Morgan fingerprint density at radius 2 is 1.79 bits per heavy atom. The van der Waals surface area contributed by atoms with E-state index in [1.165, 1.54) is 0 Å². The maximum absolute atomic E-state index is 5.81. The molecule has 1 aromatic rings. The van der Waals surface area contributed by atoms with Gasteiger partial charge in [0.1, 0.15) is 0 Å². The quantitative estimate of drug-likeness (QED) is 0.796. The van der Waals surface area contributed by atoms with Gasteiger partial charge in [-0.15, -0.1) is 0 Å². The van der Waals surface area contributed by atoms with Crippen molar-refractivity contribution in [1.29, 1.82) is 0 Å². The summed E-state index contributed by atoms with van der Waals surface area (Å²) in [7, 11) is 0. The molecular weight excluding hydrogens is 196 g/mol. The molecular formula is C11H14ClN2. The standard InChI is InChI=1S/C11H14ClN2/c12-9-1-3-10(4-2-9)14-11-5-7-13-8-6-11/h1-4,11,14H,5-8H2. The van der Waals surface area contributed by atoms with Crippen molar-refractivity contribution in [3.63, 3.8) is 0 Å². The number of benzene rings is 1. The van der Waals surface area contributed by atoms with E-state index in [2.05, 4.69) is 10.6 Å². The topological polar surface area (TPSA) is 26.1 Å². The molecule has 0 bridgehead atoms. The van der Waals surface area contributed by atoms with Crippen molar-refractivity contribution >= 4 is 17.3 Å². The number of halogens is 1. The minimum absolute atomic E-state index is 0.577. The Bertz CT molecular complexity index is 278. The molecule has 0 aromatic heterocycles. The summed E-state index contributed by atoms with van der Waals surface area (Å²) in [5.41, 5.74) is 1.15. The Morgan fingerprint density at radius 1 is 1.14 bits per heavy atom. The molecule has 0 spiro atoms. The van der Waals surface area contributed by atoms with Crippen LogP contribution in [-0.4, -0.2) is 19.1 Å². The minimum Gasteiger partial charge on any atom is -0.382 e. The van der Waals surface area contributed by atoms with Crippen LogP contribution in [0.15, 0.2) is 24.3 Å². The van der Waals surface area contributed by atoms with E-state index in [1.807, 2.05) is 24.3 Å². The maximum Gasteiger partial charge on any atom is 0.0407 e. The molecule has 3 heteroatoms. The van der Waals surface area contributed by atoms with E-state index in [-0.39, 0.29) is 0 Å². The van der Waals surface area contributed by atoms with Crippen LogP contribution >= 0.6 is 11.6 Å². The molecule has 1 heterocycles. The summed E-state index contributed by atoms with van der Waals surface area (Å²) in [6.45, 7) is 1.98. The molecule has 0 atom stereocenters. The maximum atomic E-state index is 5.81. The van der Waals surface area contributed by atoms with Gasteiger partial charge in [-0.1, -0.05) is 11.6 Å². The lowest BCUT2D eigenvalue weighted by Gasteiger charge is -2.23. The third kappa shape index (κ3) is 2.63. The van der Waals surface area contributed by atoms with Gasteiger partial charge < -0.3 is 5.32 Å². The average molecular weight is 210 g/mol. The summed E-state index contributed by atoms with van der Waals surface area (Å²) < 4.78 is 0. The normalized spacial score (nSPS) is 18.1. The fourth-order valence-corrected chi connectivity index (χ4v) is 1.80. The van der Waals surface area contributed by atoms with E-state index in [0.717, 1.165) is 36.6 Å². The van der Waals surface area contributed by atoms with Crippen LogP contribution in [-0.2, 0) is 0 Å². The zero-order chi connectivity index (χ0) is 9.80. The second kappa shape index (κ2) is 4.67. The molecule has 1 saturated heterocycles. The molecule has 14 heavy (non-hydrogen) atoms. The van der Waals surface area contributed by atoms with Crippen LogP contribution in [0.5, 0.6) is 0 Å². The molecule has 2 rings (SSSR count). The van der Waals surface area contributed by atoms with Crippen LogP contribution in [0.2, 0.25) is 5.02 Å². The van der Waals surface area contributed by atoms with Crippen molar-refractivity contribution in [1.82, 2.24) is 5.32 Å². The molecule has 1 fully saturated rings. The molecule has 1 aliphatic heterocycles. The number of piperidine rings is 1. The molecule has 1 aromatic carbocycles. The summed E-state index contributed by atoms with van der Waals surface area (Å²) in [6.07, 6.45) is 2.28. The zero-order valence-electron chi connectivity index (χ0n) is 8.04. The summed E-state index contributed by atoms with van der Waals surface area (Å²) >= 11 is 5.81. The first kappa shape index (κ1) is 9.81. The van der Waals surface area contributed by atoms with Gasteiger partial charge in [0.25, 0.3) is 0 Å². The van der Waals surface area contributed by atoms with Gasteiger partial charge in [-0.25, -0.2) is 5.32 Å². The predicted octanol–water partition coefficient (Wildman–Crippen LogP) is 2.52. The lowest BCUT2D eigenvalue weighted by molar-refractivity contribution is 0.472. The SMILES string of the molecule is Clc1ccc(NC2CC[N]CC2)cc1.